The van der Waals surface area contributed by atoms with Crippen LogP contribution in [0.4, 0.5) is 21.5 Å². The third kappa shape index (κ3) is 19.5. The first-order valence-corrected chi connectivity index (χ1v) is 10.9. The molecular formula is C24H29Cl2FK2N4O9. The number of nitrogens with one attached hydrogen (secondary N) is 1. The second-order valence-electron chi connectivity index (χ2n) is 6.84. The fourth-order valence-electron chi connectivity index (χ4n) is 2.10. The number of anilines is 1. The number of nitrogens with zero attached hydrogens (tertiary/aromatic N) is 2. The van der Waals surface area contributed by atoms with Crippen molar-refractivity contribution in [1.82, 2.24) is 0 Å². The van der Waals surface area contributed by atoms with E-state index in [-0.39, 0.29) is 134 Å². The second-order valence-corrected chi connectivity index (χ2v) is 7.59. The summed E-state index contributed by atoms with van der Waals surface area (Å²) < 4.78 is 12.7. The minimum atomic E-state index is -1.18. The van der Waals surface area contributed by atoms with Gasteiger partial charge in [0.15, 0.2) is 0 Å². The van der Waals surface area contributed by atoms with Crippen LogP contribution in [-0.2, 0) is 19.3 Å². The molecule has 42 heavy (non-hydrogen) atoms. The largest absolute Gasteiger partial charge is 1.00 e. The van der Waals surface area contributed by atoms with E-state index in [1.807, 2.05) is 0 Å². The Balaban J connectivity index is -0.000000115. The van der Waals surface area contributed by atoms with E-state index in [0.29, 0.717) is 28.2 Å². The summed E-state index contributed by atoms with van der Waals surface area (Å²) >= 11 is 11.6. The van der Waals surface area contributed by atoms with Gasteiger partial charge in [-0.2, -0.15) is 0 Å². The van der Waals surface area contributed by atoms with Gasteiger partial charge in [-0.05, 0) is 37.1 Å². The molecule has 0 saturated heterocycles. The summed E-state index contributed by atoms with van der Waals surface area (Å²) in [5, 5.41) is 45.2. The fourth-order valence-corrected chi connectivity index (χ4v) is 2.50. The predicted molar refractivity (Wildman–Crippen MR) is 145 cm³/mol. The molecule has 0 unspecified atom stereocenters. The molecule has 7 N–H and O–H groups in total. The van der Waals surface area contributed by atoms with E-state index >= 15 is 0 Å². The molecule has 0 spiro atoms. The second kappa shape index (κ2) is 29.0. The number of carboxylic acids is 2. The molecule has 0 saturated carbocycles. The molecule has 2 aromatic carbocycles. The van der Waals surface area contributed by atoms with Gasteiger partial charge in [-0.15, -0.1) is 0 Å². The molecule has 0 bridgehead atoms. The number of benzene rings is 2. The zero-order chi connectivity index (χ0) is 30.7. The normalized spacial score (nSPS) is 9.88. The molecule has 0 aliphatic rings. The zero-order valence-corrected chi connectivity index (χ0v) is 30.1. The summed E-state index contributed by atoms with van der Waals surface area (Å²) in [5.41, 5.74) is 6.78. The van der Waals surface area contributed by atoms with Crippen molar-refractivity contribution in [2.24, 2.45) is 5.73 Å². The average Bonchev–Trinajstić information content (AvgIpc) is 2.92. The molecule has 0 aliphatic carbocycles. The Labute approximate surface area is 339 Å². The van der Waals surface area contributed by atoms with Crippen LogP contribution in [0.2, 0.25) is 10.0 Å². The first-order valence-electron chi connectivity index (χ1n) is 10.2. The van der Waals surface area contributed by atoms with E-state index in [9.17, 15) is 14.0 Å². The van der Waals surface area contributed by atoms with Crippen LogP contribution in [0.5, 0.6) is 0 Å². The molecule has 0 aromatic heterocycles. The van der Waals surface area contributed by atoms with Crippen molar-refractivity contribution < 1.29 is 154 Å². The van der Waals surface area contributed by atoms with Crippen LogP contribution in [0.25, 0.3) is 9.69 Å². The van der Waals surface area contributed by atoms with Gasteiger partial charge in [-0.25, -0.2) is 18.9 Å². The van der Waals surface area contributed by atoms with Crippen molar-refractivity contribution in [3.05, 3.63) is 74.1 Å². The Hall–Kier alpha value is -0.747. The Morgan fingerprint density at radius 3 is 1.79 bits per heavy atom. The van der Waals surface area contributed by atoms with Gasteiger partial charge in [0.1, 0.15) is 17.9 Å². The maximum absolute atomic E-state index is 12.7. The van der Waals surface area contributed by atoms with Crippen LogP contribution >= 0.6 is 23.2 Å². The maximum Gasteiger partial charge on any atom is 1.00 e. The van der Waals surface area contributed by atoms with Crippen LogP contribution < -0.4 is 119 Å². The van der Waals surface area contributed by atoms with Crippen molar-refractivity contribution in [3.63, 3.8) is 0 Å². The van der Waals surface area contributed by atoms with E-state index in [4.69, 9.17) is 72.6 Å². The van der Waals surface area contributed by atoms with Crippen LogP contribution in [0.3, 0.4) is 0 Å². The van der Waals surface area contributed by atoms with Crippen molar-refractivity contribution >= 4 is 58.7 Å². The number of aliphatic carboxylic acids is 2. The summed E-state index contributed by atoms with van der Waals surface area (Å²) in [5.74, 6) is -2.71. The topological polar surface area (TPSA) is 211 Å². The number of carbonyl (C=O) groups is 3. The summed E-state index contributed by atoms with van der Waals surface area (Å²) in [6, 6.07) is 3.47. The SMILES string of the molecule is C.N[C@H](CO)C(=O)O.O=CO[O-].[C-]#[N+]c1ccc(F)c(C)c1Cl.[C-]#[N+]c1ccc(N[C@H](CO)C(=O)O)c(C)c1Cl.[H-].[K+].[K+]. The Kier molecular flexibility index (Phi) is 35.1. The van der Waals surface area contributed by atoms with Crippen LogP contribution in [0, 0.1) is 32.8 Å². The number of hydrogen-bond donors (Lipinski definition) is 6. The van der Waals surface area contributed by atoms with E-state index in [0.717, 1.165) is 0 Å². The minimum absolute atomic E-state index is 0. The predicted octanol–water partition coefficient (Wildman–Crippen LogP) is -3.02. The van der Waals surface area contributed by atoms with Gasteiger partial charge in [0.25, 0.3) is 6.47 Å². The molecule has 2 aromatic rings. The Morgan fingerprint density at radius 1 is 1.05 bits per heavy atom. The molecule has 2 rings (SSSR count). The number of halogens is 3. The van der Waals surface area contributed by atoms with Gasteiger partial charge in [0.05, 0.1) is 36.4 Å². The van der Waals surface area contributed by atoms with Crippen molar-refractivity contribution in [2.75, 3.05) is 18.5 Å². The maximum atomic E-state index is 12.7. The first kappa shape index (κ1) is 50.9. The summed E-state index contributed by atoms with van der Waals surface area (Å²) in [7, 11) is 0. The van der Waals surface area contributed by atoms with Gasteiger partial charge in [-0.3, -0.25) is 9.59 Å². The molecule has 0 fully saturated rings. The summed E-state index contributed by atoms with van der Waals surface area (Å²) in [6.07, 6.45) is 0. The van der Waals surface area contributed by atoms with Crippen LogP contribution in [0.15, 0.2) is 24.3 Å². The number of aliphatic hydroxyl groups excluding tert-OH is 2. The van der Waals surface area contributed by atoms with Gasteiger partial charge in [0.2, 0.25) is 11.4 Å². The van der Waals surface area contributed by atoms with Gasteiger partial charge in [0, 0.05) is 5.69 Å². The molecule has 0 radical (unpaired) electrons. The van der Waals surface area contributed by atoms with Gasteiger partial charge < -0.3 is 43.0 Å². The third-order valence-corrected chi connectivity index (χ3v) is 5.22. The van der Waals surface area contributed by atoms with Crippen LogP contribution in [0.1, 0.15) is 20.0 Å². The van der Waals surface area contributed by atoms with Crippen molar-refractivity contribution in [2.45, 2.75) is 33.4 Å². The smallest absolute Gasteiger partial charge is 1.00 e. The van der Waals surface area contributed by atoms with Gasteiger partial charge >= 0.3 is 115 Å². The monoisotopic (exact) mass is 684 g/mol. The Morgan fingerprint density at radius 2 is 1.48 bits per heavy atom. The van der Waals surface area contributed by atoms with E-state index < -0.39 is 37.2 Å². The Bertz CT molecular complexity index is 1220. The van der Waals surface area contributed by atoms with Crippen molar-refractivity contribution in [1.29, 1.82) is 0 Å². The number of carboxylic acid groups (broad SMARTS) is 2. The number of hydrogen-bond acceptors (Lipinski definition) is 9. The van der Waals surface area contributed by atoms with E-state index in [2.05, 4.69) is 19.9 Å². The molecule has 222 valence electrons. The average molecular weight is 686 g/mol. The number of carbonyl (C=O) groups excluding carboxylic acids is 1. The van der Waals surface area contributed by atoms with Crippen molar-refractivity contribution in [3.8, 4) is 0 Å². The molecule has 0 heterocycles. The molecule has 18 heteroatoms. The van der Waals surface area contributed by atoms with Gasteiger partial charge in [-0.1, -0.05) is 42.8 Å². The quantitative estimate of drug-likeness (QED) is 0.0568. The number of rotatable bonds is 7. The number of nitrogens with two attached hydrogens (primary N) is 1. The van der Waals surface area contributed by atoms with Crippen LogP contribution in [-0.4, -0.2) is 64.1 Å². The minimum Gasteiger partial charge on any atom is -1.00 e. The molecule has 13 nitrogen and oxygen atoms in total. The third-order valence-electron chi connectivity index (χ3n) is 4.27. The fraction of sp³-hybridized carbons (Fsp3) is 0.292. The molecule has 0 amide bonds. The molecular weight excluding hydrogens is 656 g/mol. The first-order chi connectivity index (χ1) is 18.3. The molecule has 2 atom stereocenters. The number of aliphatic hydroxyl groups is 2. The zero-order valence-electron chi connectivity index (χ0n) is 23.4. The molecule has 0 aliphatic heterocycles. The standard InChI is InChI=1S/C11H11ClN2O3.C8H5ClFN.C3H7NO3.CH2O3.CH4.2K.H/c1-6-7(14-9(5-15)11(16)17)3-4-8(13-2)10(6)12;1-5-6(10)3-4-7(11-2)8(5)9;4-2(1-5)3(6)7;2-1-4-3;;;;/h3-4,9,14-15H,5H2,1H3,(H,16,17);3-4H,1H3;2,5H,1,4H2,(H,6,7);1,3H;1H4;;;/q;;;;;2*+1;-1/p-1/t9-;;2-;;;;;/m1.1...../s1. The van der Waals surface area contributed by atoms with E-state index in [1.165, 1.54) is 18.2 Å². The summed E-state index contributed by atoms with van der Waals surface area (Å²) in [4.78, 5) is 38.0. The summed E-state index contributed by atoms with van der Waals surface area (Å²) in [6.45, 7) is 15.6. The van der Waals surface area contributed by atoms with E-state index in [1.54, 1.807) is 19.9 Å².